The lowest BCUT2D eigenvalue weighted by Crippen LogP contribution is -2.45. The molecule has 0 unspecified atom stereocenters. The summed E-state index contributed by atoms with van der Waals surface area (Å²) in [5.74, 6) is 0.205. The summed E-state index contributed by atoms with van der Waals surface area (Å²) in [5.41, 5.74) is 0.879. The molecule has 0 aliphatic carbocycles. The van der Waals surface area contributed by atoms with Crippen LogP contribution in [0.3, 0.4) is 0 Å². The molecule has 0 radical (unpaired) electrons. The minimum atomic E-state index is -3.97. The molecule has 2 N–H and O–H groups in total. The number of ether oxygens (including phenoxy) is 2. The van der Waals surface area contributed by atoms with Crippen LogP contribution in [-0.2, 0) is 24.8 Å². The topological polar surface area (TPSA) is 131 Å². The summed E-state index contributed by atoms with van der Waals surface area (Å²) in [6.07, 6.45) is 1.02. The second-order valence-corrected chi connectivity index (χ2v) is 11.3. The van der Waals surface area contributed by atoms with Crippen LogP contribution in [0.2, 0.25) is 0 Å². The number of sulfonamides is 2. The van der Waals surface area contributed by atoms with E-state index in [9.17, 15) is 21.6 Å². The van der Waals surface area contributed by atoms with Crippen molar-refractivity contribution in [3.63, 3.8) is 0 Å². The van der Waals surface area contributed by atoms with Crippen LogP contribution in [0.1, 0.15) is 6.92 Å². The first-order valence-corrected chi connectivity index (χ1v) is 14.0. The van der Waals surface area contributed by atoms with Gasteiger partial charge in [-0.3, -0.25) is 13.8 Å². The lowest BCUT2D eigenvalue weighted by atomic mass is 10.2. The van der Waals surface area contributed by atoms with Crippen LogP contribution in [-0.4, -0.2) is 49.3 Å². The highest BCUT2D eigenvalue weighted by Gasteiger charge is 2.29. The van der Waals surface area contributed by atoms with Gasteiger partial charge in [0.2, 0.25) is 15.9 Å². The quantitative estimate of drug-likeness (QED) is 0.409. The fraction of sp³-hybridized carbons (Fsp3) is 0.208. The van der Waals surface area contributed by atoms with Crippen molar-refractivity contribution in [1.82, 2.24) is 0 Å². The van der Waals surface area contributed by atoms with Crippen molar-refractivity contribution in [2.45, 2.75) is 17.9 Å². The Bertz CT molecular complexity index is 1430. The molecule has 0 saturated heterocycles. The molecule has 0 fully saturated rings. The van der Waals surface area contributed by atoms with Gasteiger partial charge >= 0.3 is 0 Å². The summed E-state index contributed by atoms with van der Waals surface area (Å²) in [6.45, 7) is 1.47. The Kier molecular flexibility index (Phi) is 8.10. The van der Waals surface area contributed by atoms with Crippen LogP contribution in [0.15, 0.2) is 77.7 Å². The van der Waals surface area contributed by atoms with Crippen molar-refractivity contribution in [2.24, 2.45) is 0 Å². The van der Waals surface area contributed by atoms with Crippen LogP contribution in [0.25, 0.3) is 0 Å². The van der Waals surface area contributed by atoms with E-state index in [1.807, 2.05) is 0 Å². The number of carbonyl (C=O) groups is 1. The van der Waals surface area contributed by atoms with Gasteiger partial charge in [0, 0.05) is 11.8 Å². The molecule has 12 heteroatoms. The zero-order chi connectivity index (χ0) is 26.5. The Labute approximate surface area is 211 Å². The molecule has 0 spiro atoms. The van der Waals surface area contributed by atoms with Crippen LogP contribution < -0.4 is 23.8 Å². The first kappa shape index (κ1) is 26.8. The molecule has 3 rings (SSSR count). The number of para-hydroxylation sites is 1. The van der Waals surface area contributed by atoms with E-state index in [1.165, 1.54) is 51.5 Å². The van der Waals surface area contributed by atoms with Gasteiger partial charge < -0.3 is 14.8 Å². The van der Waals surface area contributed by atoms with Crippen molar-refractivity contribution < 1.29 is 31.1 Å². The van der Waals surface area contributed by atoms with E-state index in [1.54, 1.807) is 42.5 Å². The van der Waals surface area contributed by atoms with Crippen molar-refractivity contribution in [1.29, 1.82) is 0 Å². The third kappa shape index (κ3) is 6.26. The van der Waals surface area contributed by atoms with Gasteiger partial charge in [0.15, 0.2) is 0 Å². The summed E-state index contributed by atoms with van der Waals surface area (Å²) in [5, 5.41) is 2.63. The van der Waals surface area contributed by atoms with E-state index >= 15 is 0 Å². The second kappa shape index (κ2) is 10.9. The molecular weight excluding hydrogens is 506 g/mol. The zero-order valence-electron chi connectivity index (χ0n) is 20.1. The first-order chi connectivity index (χ1) is 17.0. The molecule has 0 aliphatic rings. The van der Waals surface area contributed by atoms with Crippen LogP contribution in [0, 0.1) is 0 Å². The van der Waals surface area contributed by atoms with Crippen molar-refractivity contribution in [3.8, 4) is 11.5 Å². The molecule has 192 valence electrons. The zero-order valence-corrected chi connectivity index (χ0v) is 21.8. The van der Waals surface area contributed by atoms with Crippen LogP contribution >= 0.6 is 0 Å². The highest BCUT2D eigenvalue weighted by atomic mass is 32.2. The Morgan fingerprint density at radius 3 is 2.08 bits per heavy atom. The van der Waals surface area contributed by atoms with Gasteiger partial charge in [0.1, 0.15) is 17.5 Å². The van der Waals surface area contributed by atoms with Gasteiger partial charge in [0.05, 0.1) is 36.7 Å². The van der Waals surface area contributed by atoms with E-state index in [0.29, 0.717) is 17.1 Å². The molecule has 3 aromatic rings. The van der Waals surface area contributed by atoms with Gasteiger partial charge in [-0.15, -0.1) is 0 Å². The maximum atomic E-state index is 12.9. The standard InChI is InChI=1S/C24H27N3O7S2/c1-17(27(35(4,29)30)19-8-6-5-7-9-19)24(28)25-18-10-13-21(14-11-18)36(31,32)26-22-15-12-20(33-2)16-23(22)34-3/h5-17,26H,1-4H3,(H,25,28)/t17-/m1/s1. The van der Waals surface area contributed by atoms with E-state index in [-0.39, 0.29) is 16.3 Å². The molecule has 0 saturated carbocycles. The fourth-order valence-corrected chi connectivity index (χ4v) is 5.68. The number of amides is 1. The predicted octanol–water partition coefficient (Wildman–Crippen LogP) is 3.30. The van der Waals surface area contributed by atoms with Gasteiger partial charge in [-0.25, -0.2) is 16.8 Å². The van der Waals surface area contributed by atoms with E-state index in [4.69, 9.17) is 9.47 Å². The van der Waals surface area contributed by atoms with Crippen LogP contribution in [0.5, 0.6) is 11.5 Å². The smallest absolute Gasteiger partial charge is 0.262 e. The molecule has 1 amide bonds. The Morgan fingerprint density at radius 2 is 1.53 bits per heavy atom. The molecular formula is C24H27N3O7S2. The second-order valence-electron chi connectivity index (χ2n) is 7.76. The lowest BCUT2D eigenvalue weighted by Gasteiger charge is -2.28. The minimum absolute atomic E-state index is 0.0477. The van der Waals surface area contributed by atoms with Gasteiger partial charge in [-0.05, 0) is 55.5 Å². The van der Waals surface area contributed by atoms with Gasteiger partial charge in [-0.2, -0.15) is 0 Å². The first-order valence-electron chi connectivity index (χ1n) is 10.7. The monoisotopic (exact) mass is 533 g/mol. The van der Waals surface area contributed by atoms with Crippen LogP contribution in [0.4, 0.5) is 17.1 Å². The summed E-state index contributed by atoms with van der Waals surface area (Å²) in [4.78, 5) is 12.8. The summed E-state index contributed by atoms with van der Waals surface area (Å²) < 4.78 is 64.3. The summed E-state index contributed by atoms with van der Waals surface area (Å²) >= 11 is 0. The highest BCUT2D eigenvalue weighted by Crippen LogP contribution is 2.31. The molecule has 0 heterocycles. The Morgan fingerprint density at radius 1 is 0.889 bits per heavy atom. The third-order valence-corrected chi connectivity index (χ3v) is 7.81. The average Bonchev–Trinajstić information content (AvgIpc) is 2.84. The number of anilines is 3. The molecule has 0 aliphatic heterocycles. The van der Waals surface area contributed by atoms with E-state index in [0.717, 1.165) is 10.6 Å². The maximum Gasteiger partial charge on any atom is 0.262 e. The summed E-state index contributed by atoms with van der Waals surface area (Å²) in [7, 11) is -4.82. The van der Waals surface area contributed by atoms with E-state index in [2.05, 4.69) is 10.0 Å². The Hall–Kier alpha value is -3.77. The van der Waals surface area contributed by atoms with E-state index < -0.39 is 32.0 Å². The largest absolute Gasteiger partial charge is 0.497 e. The number of hydrogen-bond donors (Lipinski definition) is 2. The third-order valence-electron chi connectivity index (χ3n) is 5.18. The number of nitrogens with zero attached hydrogens (tertiary/aromatic N) is 1. The fourth-order valence-electron chi connectivity index (χ4n) is 3.43. The van der Waals surface area contributed by atoms with Gasteiger partial charge in [-0.1, -0.05) is 18.2 Å². The number of carbonyl (C=O) groups excluding carboxylic acids is 1. The molecule has 0 aromatic heterocycles. The van der Waals surface area contributed by atoms with Gasteiger partial charge in [0.25, 0.3) is 10.0 Å². The number of benzene rings is 3. The normalized spacial score (nSPS) is 12.3. The summed E-state index contributed by atoms with van der Waals surface area (Å²) in [6, 6.07) is 17.3. The molecule has 0 bridgehead atoms. The highest BCUT2D eigenvalue weighted by molar-refractivity contribution is 7.92. The average molecular weight is 534 g/mol. The number of rotatable bonds is 10. The number of nitrogens with one attached hydrogen (secondary N) is 2. The van der Waals surface area contributed by atoms with Crippen molar-refractivity contribution in [3.05, 3.63) is 72.8 Å². The molecule has 1 atom stereocenters. The number of hydrogen-bond acceptors (Lipinski definition) is 7. The number of methoxy groups -OCH3 is 2. The Balaban J connectivity index is 1.76. The molecule has 3 aromatic carbocycles. The minimum Gasteiger partial charge on any atom is -0.497 e. The van der Waals surface area contributed by atoms with Crippen molar-refractivity contribution in [2.75, 3.05) is 34.8 Å². The SMILES string of the molecule is COc1ccc(NS(=O)(=O)c2ccc(NC(=O)[C@@H](C)N(c3ccccc3)S(C)(=O)=O)cc2)c(OC)c1. The molecule has 36 heavy (non-hydrogen) atoms. The lowest BCUT2D eigenvalue weighted by molar-refractivity contribution is -0.116. The predicted molar refractivity (Wildman–Crippen MR) is 139 cm³/mol. The maximum absolute atomic E-state index is 12.9. The van der Waals surface area contributed by atoms with Crippen molar-refractivity contribution >= 4 is 43.0 Å². The molecule has 10 nitrogen and oxygen atoms in total.